The first-order valence-electron chi connectivity index (χ1n) is 3.28. The molecule has 0 aromatic heterocycles. The summed E-state index contributed by atoms with van der Waals surface area (Å²) in [4.78, 5) is -2.64. The van der Waals surface area contributed by atoms with E-state index in [1.165, 1.54) is 0 Å². The SMILES string of the molecule is FC1=C(F)C(F)(F)N(C(F)(F)F)C(F)(F)S1. The van der Waals surface area contributed by atoms with Crippen molar-refractivity contribution < 1.29 is 39.5 Å². The van der Waals surface area contributed by atoms with Gasteiger partial charge in [0.2, 0.25) is 11.0 Å². The van der Waals surface area contributed by atoms with Gasteiger partial charge in [-0.1, -0.05) is 4.90 Å². The smallest absolute Gasteiger partial charge is 0.200 e. The lowest BCUT2D eigenvalue weighted by atomic mass is 10.4. The van der Waals surface area contributed by atoms with Gasteiger partial charge in [-0.05, 0) is 11.8 Å². The number of alkyl halides is 7. The van der Waals surface area contributed by atoms with E-state index >= 15 is 0 Å². The minimum atomic E-state index is -6.22. The van der Waals surface area contributed by atoms with Crippen molar-refractivity contribution in [2.24, 2.45) is 0 Å². The second-order valence-corrected chi connectivity index (χ2v) is 3.57. The Morgan fingerprint density at radius 2 is 1.44 bits per heavy atom. The third-order valence-electron chi connectivity index (χ3n) is 1.44. The predicted octanol–water partition coefficient (Wildman–Crippen LogP) is 3.81. The Balaban J connectivity index is 3.36. The van der Waals surface area contributed by atoms with Crippen LogP contribution in [0.25, 0.3) is 0 Å². The highest BCUT2D eigenvalue weighted by Gasteiger charge is 2.70. The van der Waals surface area contributed by atoms with E-state index in [2.05, 4.69) is 0 Å². The molecule has 0 aromatic carbocycles. The average Bonchev–Trinajstić information content (AvgIpc) is 1.94. The van der Waals surface area contributed by atoms with Gasteiger partial charge in [0.15, 0.2) is 0 Å². The fraction of sp³-hybridized carbons (Fsp3) is 0.600. The van der Waals surface area contributed by atoms with Crippen LogP contribution in [0.2, 0.25) is 0 Å². The Morgan fingerprint density at radius 3 is 1.81 bits per heavy atom. The van der Waals surface area contributed by atoms with Crippen LogP contribution in [0, 0.1) is 0 Å². The zero-order chi connectivity index (χ0) is 12.9. The van der Waals surface area contributed by atoms with Gasteiger partial charge >= 0.3 is 17.7 Å². The number of thioether (sulfide) groups is 1. The molecule has 0 bridgehead atoms. The highest BCUT2D eigenvalue weighted by molar-refractivity contribution is 8.03. The van der Waals surface area contributed by atoms with Gasteiger partial charge in [0, 0.05) is 0 Å². The molecule has 1 rings (SSSR count). The average molecular weight is 277 g/mol. The van der Waals surface area contributed by atoms with E-state index in [0.29, 0.717) is 0 Å². The van der Waals surface area contributed by atoms with Crippen molar-refractivity contribution in [2.45, 2.75) is 17.7 Å². The standard InChI is InChI=1S/C5F9NS/c6-1-2(7)16-5(13,14)15(3(1,8)9)4(10,11)12. The number of rotatable bonds is 0. The van der Waals surface area contributed by atoms with Crippen molar-refractivity contribution in [1.29, 1.82) is 0 Å². The van der Waals surface area contributed by atoms with Crippen molar-refractivity contribution in [3.8, 4) is 0 Å². The minimum absolute atomic E-state index is 1.58. The van der Waals surface area contributed by atoms with Gasteiger partial charge in [0.05, 0.1) is 0 Å². The lowest BCUT2D eigenvalue weighted by Gasteiger charge is -2.38. The summed E-state index contributed by atoms with van der Waals surface area (Å²) in [5, 5.41) is -8.02. The lowest BCUT2D eigenvalue weighted by molar-refractivity contribution is -0.379. The molecule has 0 aliphatic carbocycles. The summed E-state index contributed by atoms with van der Waals surface area (Å²) in [6.07, 6.45) is -6.22. The van der Waals surface area contributed by atoms with Crippen LogP contribution in [0.15, 0.2) is 11.0 Å². The second kappa shape index (κ2) is 3.45. The van der Waals surface area contributed by atoms with Crippen LogP contribution >= 0.6 is 11.8 Å². The number of nitrogens with zero attached hydrogens (tertiary/aromatic N) is 1. The predicted molar refractivity (Wildman–Crippen MR) is 34.6 cm³/mol. The Bertz CT molecular complexity index is 331. The summed E-state index contributed by atoms with van der Waals surface area (Å²) in [6.45, 7) is 0. The van der Waals surface area contributed by atoms with Crippen molar-refractivity contribution >= 4 is 11.8 Å². The fourth-order valence-corrected chi connectivity index (χ4v) is 1.62. The molecule has 0 unspecified atom stereocenters. The second-order valence-electron chi connectivity index (χ2n) is 2.52. The van der Waals surface area contributed by atoms with Gasteiger partial charge in [-0.15, -0.1) is 0 Å². The summed E-state index contributed by atoms with van der Waals surface area (Å²) in [7, 11) is 0. The largest absolute Gasteiger partial charge is 0.470 e. The monoisotopic (exact) mass is 277 g/mol. The normalized spacial score (nSPS) is 26.1. The van der Waals surface area contributed by atoms with Crippen LogP contribution in [0.3, 0.4) is 0 Å². The van der Waals surface area contributed by atoms with Crippen LogP contribution in [0.5, 0.6) is 0 Å². The van der Waals surface area contributed by atoms with Crippen molar-refractivity contribution in [3.63, 3.8) is 0 Å². The van der Waals surface area contributed by atoms with E-state index in [9.17, 15) is 39.5 Å². The Labute approximate surface area is 85.9 Å². The molecule has 0 spiro atoms. The van der Waals surface area contributed by atoms with Crippen LogP contribution in [-0.4, -0.2) is 22.6 Å². The molecule has 11 heteroatoms. The first-order chi connectivity index (χ1) is 6.90. The maximum absolute atomic E-state index is 12.5. The van der Waals surface area contributed by atoms with E-state index < -0.39 is 45.4 Å². The molecule has 0 saturated heterocycles. The van der Waals surface area contributed by atoms with Gasteiger partial charge in [-0.2, -0.15) is 39.5 Å². The summed E-state index contributed by atoms with van der Waals surface area (Å²) in [5.41, 5.74) is 0. The minimum Gasteiger partial charge on any atom is -0.200 e. The molecule has 1 aliphatic rings. The van der Waals surface area contributed by atoms with E-state index in [-0.39, 0.29) is 0 Å². The van der Waals surface area contributed by atoms with Crippen LogP contribution in [0.1, 0.15) is 0 Å². The maximum Gasteiger partial charge on any atom is 0.470 e. The van der Waals surface area contributed by atoms with E-state index in [1.807, 2.05) is 0 Å². The Hall–Kier alpha value is -0.580. The Kier molecular flexibility index (Phi) is 2.91. The molecule has 1 aliphatic heterocycles. The fourth-order valence-electron chi connectivity index (χ4n) is 0.885. The molecule has 0 N–H and O–H groups in total. The first-order valence-corrected chi connectivity index (χ1v) is 4.10. The van der Waals surface area contributed by atoms with Crippen molar-refractivity contribution in [3.05, 3.63) is 11.0 Å². The molecule has 0 amide bonds. The Morgan fingerprint density at radius 1 is 1.00 bits per heavy atom. The van der Waals surface area contributed by atoms with Gasteiger partial charge in [-0.25, -0.2) is 0 Å². The van der Waals surface area contributed by atoms with Crippen LogP contribution < -0.4 is 0 Å². The molecule has 16 heavy (non-hydrogen) atoms. The van der Waals surface area contributed by atoms with Crippen molar-refractivity contribution in [2.75, 3.05) is 0 Å². The zero-order valence-electron chi connectivity index (χ0n) is 6.76. The third-order valence-corrected chi connectivity index (χ3v) is 2.23. The highest BCUT2D eigenvalue weighted by atomic mass is 32.2. The molecular formula is C5F9NS. The quantitative estimate of drug-likeness (QED) is 0.489. The maximum atomic E-state index is 12.5. The topological polar surface area (TPSA) is 3.24 Å². The molecule has 1 heterocycles. The molecule has 0 atom stereocenters. The van der Waals surface area contributed by atoms with E-state index in [0.717, 1.165) is 0 Å². The van der Waals surface area contributed by atoms with E-state index in [4.69, 9.17) is 0 Å². The summed E-state index contributed by atoms with van der Waals surface area (Å²) >= 11 is -1.58. The zero-order valence-corrected chi connectivity index (χ0v) is 7.57. The lowest BCUT2D eigenvalue weighted by Crippen LogP contribution is -2.60. The summed E-state index contributed by atoms with van der Waals surface area (Å²) in [6, 6.07) is -5.78. The number of hydrogen-bond acceptors (Lipinski definition) is 2. The molecule has 0 radical (unpaired) electrons. The summed E-state index contributed by atoms with van der Waals surface area (Å²) in [5.74, 6) is -3.19. The molecule has 0 aromatic rings. The first kappa shape index (κ1) is 13.5. The summed E-state index contributed by atoms with van der Waals surface area (Å²) < 4.78 is 110. The van der Waals surface area contributed by atoms with Gasteiger partial charge in [-0.3, -0.25) is 0 Å². The molecular weight excluding hydrogens is 277 g/mol. The number of halogens is 9. The molecule has 1 nitrogen and oxygen atoms in total. The van der Waals surface area contributed by atoms with Crippen molar-refractivity contribution in [1.82, 2.24) is 4.90 Å². The molecule has 0 saturated carbocycles. The van der Waals surface area contributed by atoms with Gasteiger partial charge < -0.3 is 0 Å². The molecule has 94 valence electrons. The van der Waals surface area contributed by atoms with E-state index in [1.54, 1.807) is 0 Å². The molecule has 0 fully saturated rings. The number of hydrogen-bond donors (Lipinski definition) is 0. The van der Waals surface area contributed by atoms with Crippen LogP contribution in [0.4, 0.5) is 39.5 Å². The third kappa shape index (κ3) is 1.97. The highest BCUT2D eigenvalue weighted by Crippen LogP contribution is 2.56. The van der Waals surface area contributed by atoms with Gasteiger partial charge in [0.25, 0.3) is 0 Å². The van der Waals surface area contributed by atoms with Gasteiger partial charge in [0.1, 0.15) is 0 Å². The van der Waals surface area contributed by atoms with Crippen LogP contribution in [-0.2, 0) is 0 Å².